The molecule has 0 bridgehead atoms. The smallest absolute Gasteiger partial charge is 0.266 e. The Balaban J connectivity index is 2.32. The van der Waals surface area contributed by atoms with Crippen LogP contribution in [0.25, 0.3) is 6.08 Å². The summed E-state index contributed by atoms with van der Waals surface area (Å²) >= 11 is 12.0. The van der Waals surface area contributed by atoms with E-state index in [0.29, 0.717) is 27.8 Å². The Hall–Kier alpha value is -2.68. The minimum atomic E-state index is -0.603. The van der Waals surface area contributed by atoms with E-state index in [1.165, 1.54) is 20.3 Å². The van der Waals surface area contributed by atoms with Crippen molar-refractivity contribution in [1.29, 1.82) is 5.26 Å². The quantitative estimate of drug-likeness (QED) is 0.613. The number of hydrogen-bond donors (Lipinski definition) is 1. The van der Waals surface area contributed by atoms with Gasteiger partial charge in [0.1, 0.15) is 23.1 Å². The Morgan fingerprint density at radius 1 is 1.16 bits per heavy atom. The van der Waals surface area contributed by atoms with Crippen molar-refractivity contribution in [3.63, 3.8) is 0 Å². The Bertz CT molecular complexity index is 851. The molecule has 0 saturated carbocycles. The highest BCUT2D eigenvalue weighted by Gasteiger charge is 2.13. The van der Waals surface area contributed by atoms with Gasteiger partial charge < -0.3 is 14.8 Å². The molecule has 1 amide bonds. The zero-order chi connectivity index (χ0) is 18.4. The average Bonchev–Trinajstić information content (AvgIpc) is 2.62. The molecule has 0 unspecified atom stereocenters. The number of nitriles is 1. The predicted octanol–water partition coefficient (Wildman–Crippen LogP) is 4.56. The molecule has 2 aromatic carbocycles. The minimum Gasteiger partial charge on any atom is -0.497 e. The third-order valence-corrected chi connectivity index (χ3v) is 4.07. The van der Waals surface area contributed by atoms with Gasteiger partial charge >= 0.3 is 0 Å². The van der Waals surface area contributed by atoms with Gasteiger partial charge in [0.2, 0.25) is 0 Å². The van der Waals surface area contributed by atoms with Crippen LogP contribution >= 0.6 is 23.2 Å². The third kappa shape index (κ3) is 4.66. The monoisotopic (exact) mass is 376 g/mol. The van der Waals surface area contributed by atoms with E-state index in [0.717, 1.165) is 0 Å². The lowest BCUT2D eigenvalue weighted by molar-refractivity contribution is -0.112. The van der Waals surface area contributed by atoms with Gasteiger partial charge in [-0.2, -0.15) is 5.26 Å². The van der Waals surface area contributed by atoms with Crippen LogP contribution in [-0.4, -0.2) is 20.1 Å². The first kappa shape index (κ1) is 18.7. The first-order chi connectivity index (χ1) is 12.0. The summed E-state index contributed by atoms with van der Waals surface area (Å²) in [6, 6.07) is 11.8. The number of rotatable bonds is 5. The number of nitrogens with one attached hydrogen (secondary N) is 1. The van der Waals surface area contributed by atoms with Gasteiger partial charge in [0, 0.05) is 6.07 Å². The lowest BCUT2D eigenvalue weighted by atomic mass is 10.1. The van der Waals surface area contributed by atoms with Gasteiger partial charge in [-0.3, -0.25) is 4.79 Å². The zero-order valence-electron chi connectivity index (χ0n) is 13.5. The number of nitrogens with zero attached hydrogens (tertiary/aromatic N) is 1. The third-order valence-electron chi connectivity index (χ3n) is 3.25. The summed E-state index contributed by atoms with van der Waals surface area (Å²) in [6.07, 6.45) is 1.43. The molecule has 0 atom stereocenters. The van der Waals surface area contributed by atoms with Gasteiger partial charge in [0.15, 0.2) is 0 Å². The molecule has 0 saturated heterocycles. The fourth-order valence-electron chi connectivity index (χ4n) is 2.02. The van der Waals surface area contributed by atoms with Crippen LogP contribution in [0.15, 0.2) is 42.0 Å². The zero-order valence-corrected chi connectivity index (χ0v) is 15.0. The van der Waals surface area contributed by atoms with Crippen molar-refractivity contribution in [2.45, 2.75) is 0 Å². The fraction of sp³-hybridized carbons (Fsp3) is 0.111. The van der Waals surface area contributed by atoms with E-state index in [1.807, 2.05) is 6.07 Å². The molecule has 0 aromatic heterocycles. The molecule has 7 heteroatoms. The normalized spacial score (nSPS) is 10.8. The highest BCUT2D eigenvalue weighted by molar-refractivity contribution is 6.44. The summed E-state index contributed by atoms with van der Waals surface area (Å²) in [4.78, 5) is 12.4. The van der Waals surface area contributed by atoms with E-state index >= 15 is 0 Å². The second-order valence-electron chi connectivity index (χ2n) is 4.87. The van der Waals surface area contributed by atoms with Crippen LogP contribution in [0.4, 0.5) is 5.69 Å². The Morgan fingerprint density at radius 3 is 2.36 bits per heavy atom. The van der Waals surface area contributed by atoms with E-state index < -0.39 is 5.91 Å². The highest BCUT2D eigenvalue weighted by Crippen LogP contribution is 2.30. The van der Waals surface area contributed by atoms with E-state index in [2.05, 4.69) is 5.32 Å². The molecule has 0 aliphatic heterocycles. The fourth-order valence-corrected chi connectivity index (χ4v) is 2.37. The van der Waals surface area contributed by atoms with Gasteiger partial charge in [-0.15, -0.1) is 0 Å². The molecule has 0 heterocycles. The number of hydrogen-bond acceptors (Lipinski definition) is 4. The molecule has 2 aromatic rings. The Kier molecular flexibility index (Phi) is 6.29. The minimum absolute atomic E-state index is 0.105. The number of carbonyl (C=O) groups excluding carboxylic acids is 1. The molecule has 0 spiro atoms. The molecule has 2 rings (SSSR count). The number of ether oxygens (including phenoxy) is 2. The maximum atomic E-state index is 12.4. The van der Waals surface area contributed by atoms with Crippen LogP contribution in [0.2, 0.25) is 10.0 Å². The molecule has 0 aliphatic rings. The molecular weight excluding hydrogens is 363 g/mol. The second kappa shape index (κ2) is 8.43. The van der Waals surface area contributed by atoms with Crippen molar-refractivity contribution in [1.82, 2.24) is 0 Å². The van der Waals surface area contributed by atoms with Crippen molar-refractivity contribution < 1.29 is 14.3 Å². The average molecular weight is 377 g/mol. The lowest BCUT2D eigenvalue weighted by Crippen LogP contribution is -2.13. The van der Waals surface area contributed by atoms with Crippen LogP contribution in [0, 0.1) is 11.3 Å². The van der Waals surface area contributed by atoms with Gasteiger partial charge in [-0.1, -0.05) is 29.3 Å². The molecule has 0 fully saturated rings. The summed E-state index contributed by atoms with van der Waals surface area (Å²) < 4.78 is 10.3. The van der Waals surface area contributed by atoms with Gasteiger partial charge in [0.25, 0.3) is 5.91 Å². The highest BCUT2D eigenvalue weighted by atomic mass is 35.5. The largest absolute Gasteiger partial charge is 0.497 e. The predicted molar refractivity (Wildman–Crippen MR) is 98.2 cm³/mol. The van der Waals surface area contributed by atoms with Crippen LogP contribution in [-0.2, 0) is 4.79 Å². The van der Waals surface area contributed by atoms with Crippen molar-refractivity contribution in [2.75, 3.05) is 19.5 Å². The molecule has 25 heavy (non-hydrogen) atoms. The SMILES string of the molecule is COc1cc(/C=C(\C#N)C(=O)Nc2cccc(Cl)c2Cl)cc(OC)c1. The van der Waals surface area contributed by atoms with Gasteiger partial charge in [0.05, 0.1) is 30.0 Å². The van der Waals surface area contributed by atoms with Crippen LogP contribution in [0.5, 0.6) is 11.5 Å². The number of halogens is 2. The van der Waals surface area contributed by atoms with E-state index in [-0.39, 0.29) is 10.6 Å². The van der Waals surface area contributed by atoms with Crippen molar-refractivity contribution in [3.05, 3.63) is 57.6 Å². The lowest BCUT2D eigenvalue weighted by Gasteiger charge is -2.08. The first-order valence-electron chi connectivity index (χ1n) is 7.08. The second-order valence-corrected chi connectivity index (χ2v) is 5.66. The Labute approximate surface area is 155 Å². The van der Waals surface area contributed by atoms with Crippen molar-refractivity contribution in [3.8, 4) is 17.6 Å². The maximum Gasteiger partial charge on any atom is 0.266 e. The van der Waals surface area contributed by atoms with Crippen LogP contribution < -0.4 is 14.8 Å². The van der Waals surface area contributed by atoms with Gasteiger partial charge in [-0.05, 0) is 35.9 Å². The first-order valence-corrected chi connectivity index (χ1v) is 7.84. The van der Waals surface area contributed by atoms with Gasteiger partial charge in [-0.25, -0.2) is 0 Å². The van der Waals surface area contributed by atoms with E-state index in [9.17, 15) is 10.1 Å². The summed E-state index contributed by atoms with van der Waals surface area (Å²) in [5, 5.41) is 12.4. The summed E-state index contributed by atoms with van der Waals surface area (Å²) in [5.41, 5.74) is 0.801. The topological polar surface area (TPSA) is 71.3 Å². The van der Waals surface area contributed by atoms with E-state index in [4.69, 9.17) is 32.7 Å². The van der Waals surface area contributed by atoms with Crippen molar-refractivity contribution in [2.24, 2.45) is 0 Å². The number of carbonyl (C=O) groups is 1. The summed E-state index contributed by atoms with van der Waals surface area (Å²) in [7, 11) is 3.03. The molecule has 1 N–H and O–H groups in total. The maximum absolute atomic E-state index is 12.4. The summed E-state index contributed by atoms with van der Waals surface area (Å²) in [6.45, 7) is 0. The number of benzene rings is 2. The van der Waals surface area contributed by atoms with E-state index in [1.54, 1.807) is 36.4 Å². The molecule has 128 valence electrons. The molecule has 0 aliphatic carbocycles. The number of anilines is 1. The van der Waals surface area contributed by atoms with Crippen molar-refractivity contribution >= 4 is 40.9 Å². The molecular formula is C18H14Cl2N2O3. The Morgan fingerprint density at radius 2 is 1.80 bits per heavy atom. The molecule has 0 radical (unpaired) electrons. The molecule has 5 nitrogen and oxygen atoms in total. The summed E-state index contributed by atoms with van der Waals surface area (Å²) in [5.74, 6) is 0.482. The number of methoxy groups -OCH3 is 2. The number of amides is 1. The standard InChI is InChI=1S/C18H14Cl2N2O3/c1-24-13-7-11(8-14(9-13)25-2)6-12(10-21)18(23)22-16-5-3-4-15(19)17(16)20/h3-9H,1-2H3,(H,22,23)/b12-6+. The van der Waals surface area contributed by atoms with Crippen LogP contribution in [0.1, 0.15) is 5.56 Å². The van der Waals surface area contributed by atoms with Crippen LogP contribution in [0.3, 0.4) is 0 Å².